The van der Waals surface area contributed by atoms with Crippen LogP contribution in [-0.2, 0) is 11.2 Å². The van der Waals surface area contributed by atoms with Gasteiger partial charge in [0, 0.05) is 11.3 Å². The van der Waals surface area contributed by atoms with E-state index in [4.69, 9.17) is 10.8 Å². The minimum absolute atomic E-state index is 0.0876. The highest BCUT2D eigenvalue weighted by Gasteiger charge is 2.16. The van der Waals surface area contributed by atoms with Crippen molar-refractivity contribution in [2.45, 2.75) is 32.7 Å². The van der Waals surface area contributed by atoms with Crippen molar-refractivity contribution < 1.29 is 14.7 Å². The summed E-state index contributed by atoms with van der Waals surface area (Å²) in [6, 6.07) is 4.76. The van der Waals surface area contributed by atoms with E-state index in [0.717, 1.165) is 30.2 Å². The maximum absolute atomic E-state index is 12.0. The molecule has 5 heteroatoms. The number of aliphatic carboxylic acids is 1. The second-order valence-corrected chi connectivity index (χ2v) is 5.44. The number of thioether (sulfide) groups is 1. The van der Waals surface area contributed by atoms with Gasteiger partial charge in [-0.15, -0.1) is 0 Å². The number of rotatable bonds is 6. The van der Waals surface area contributed by atoms with Gasteiger partial charge in [-0.1, -0.05) is 37.2 Å². The molecule has 0 heterocycles. The molecule has 4 nitrogen and oxygen atoms in total. The lowest BCUT2D eigenvalue weighted by Gasteiger charge is -2.08. The molecule has 1 rings (SSSR count). The molecule has 0 aromatic heterocycles. The molecule has 3 N–H and O–H groups in total. The molecule has 1 atom stereocenters. The zero-order valence-corrected chi connectivity index (χ0v) is 12.0. The second-order valence-electron chi connectivity index (χ2n) is 4.44. The van der Waals surface area contributed by atoms with Crippen LogP contribution in [0.5, 0.6) is 0 Å². The van der Waals surface area contributed by atoms with Gasteiger partial charge in [-0.2, -0.15) is 0 Å². The highest BCUT2D eigenvalue weighted by atomic mass is 32.2. The molecule has 0 aliphatic heterocycles. The van der Waals surface area contributed by atoms with E-state index >= 15 is 0 Å². The van der Waals surface area contributed by atoms with Gasteiger partial charge in [-0.25, -0.2) is 0 Å². The summed E-state index contributed by atoms with van der Waals surface area (Å²) in [6.45, 7) is 4.00. The van der Waals surface area contributed by atoms with Crippen LogP contribution >= 0.6 is 11.8 Å². The molecule has 0 radical (unpaired) electrons. The molecule has 0 amide bonds. The Bertz CT molecular complexity index is 474. The second kappa shape index (κ2) is 7.31. The lowest BCUT2D eigenvalue weighted by atomic mass is 10.0. The van der Waals surface area contributed by atoms with Crippen molar-refractivity contribution in [2.75, 3.05) is 5.75 Å². The zero-order valence-electron chi connectivity index (χ0n) is 11.2. The lowest BCUT2D eigenvalue weighted by molar-refractivity contribution is -0.137. The summed E-state index contributed by atoms with van der Waals surface area (Å²) in [7, 11) is 0. The molecule has 1 aromatic rings. The third-order valence-electron chi connectivity index (χ3n) is 2.76. The molecule has 0 spiro atoms. The quantitative estimate of drug-likeness (QED) is 0.835. The van der Waals surface area contributed by atoms with E-state index in [2.05, 4.69) is 6.92 Å². The maximum atomic E-state index is 12.0. The van der Waals surface area contributed by atoms with Crippen molar-refractivity contribution in [2.24, 2.45) is 5.73 Å². The van der Waals surface area contributed by atoms with Crippen LogP contribution in [-0.4, -0.2) is 28.0 Å². The summed E-state index contributed by atoms with van der Waals surface area (Å²) < 4.78 is 0. The van der Waals surface area contributed by atoms with Crippen molar-refractivity contribution in [3.05, 3.63) is 34.9 Å². The molecule has 104 valence electrons. The molecular formula is C14H19NO3S. The van der Waals surface area contributed by atoms with Crippen molar-refractivity contribution in [3.63, 3.8) is 0 Å². The monoisotopic (exact) mass is 281 g/mol. The molecule has 0 saturated carbocycles. The maximum Gasteiger partial charge on any atom is 0.321 e. The standard InChI is InChI=1S/C14H19NO3S/c1-3-4-10-5-6-11(9(2)7-10)14(18)19-8-12(15)13(16)17/h5-7,12H,3-4,8,15H2,1-2H3,(H,16,17). The number of aryl methyl sites for hydroxylation is 2. The van der Waals surface area contributed by atoms with Gasteiger partial charge in [0.2, 0.25) is 5.12 Å². The fourth-order valence-corrected chi connectivity index (χ4v) is 2.57. The van der Waals surface area contributed by atoms with Gasteiger partial charge < -0.3 is 10.8 Å². The summed E-state index contributed by atoms with van der Waals surface area (Å²) >= 11 is 0.955. The van der Waals surface area contributed by atoms with Gasteiger partial charge in [0.15, 0.2) is 0 Å². The summed E-state index contributed by atoms with van der Waals surface area (Å²) in [5, 5.41) is 8.54. The fourth-order valence-electron chi connectivity index (χ4n) is 1.71. The van der Waals surface area contributed by atoms with Crippen molar-refractivity contribution >= 4 is 22.8 Å². The Kier molecular flexibility index (Phi) is 6.05. The first-order chi connectivity index (χ1) is 8.95. The van der Waals surface area contributed by atoms with Crippen molar-refractivity contribution in [1.29, 1.82) is 0 Å². The van der Waals surface area contributed by atoms with E-state index in [1.54, 1.807) is 0 Å². The zero-order chi connectivity index (χ0) is 14.4. The number of hydrogen-bond acceptors (Lipinski definition) is 4. The summed E-state index contributed by atoms with van der Waals surface area (Å²) in [4.78, 5) is 22.6. The molecule has 19 heavy (non-hydrogen) atoms. The predicted molar refractivity (Wildman–Crippen MR) is 77.6 cm³/mol. The van der Waals surface area contributed by atoms with Crippen LogP contribution in [0.2, 0.25) is 0 Å². The first kappa shape index (κ1) is 15.7. The summed E-state index contributed by atoms with van der Waals surface area (Å²) in [6.07, 6.45) is 2.06. The third kappa shape index (κ3) is 4.69. The lowest BCUT2D eigenvalue weighted by Crippen LogP contribution is -2.32. The Morgan fingerprint density at radius 2 is 2.11 bits per heavy atom. The number of benzene rings is 1. The van der Waals surface area contributed by atoms with E-state index in [0.29, 0.717) is 5.56 Å². The van der Waals surface area contributed by atoms with Gasteiger partial charge in [0.1, 0.15) is 6.04 Å². The van der Waals surface area contributed by atoms with Crippen LogP contribution in [0, 0.1) is 6.92 Å². The molecule has 0 saturated heterocycles. The average molecular weight is 281 g/mol. The highest BCUT2D eigenvalue weighted by Crippen LogP contribution is 2.19. The van der Waals surface area contributed by atoms with Gasteiger partial charge in [0.05, 0.1) is 0 Å². The molecule has 0 aliphatic rings. The summed E-state index contributed by atoms with van der Waals surface area (Å²) in [5.74, 6) is -1.00. The number of carboxylic acids is 1. The molecular weight excluding hydrogens is 262 g/mol. The third-order valence-corrected chi connectivity index (χ3v) is 3.77. The normalized spacial score (nSPS) is 12.2. The van der Waals surface area contributed by atoms with Crippen LogP contribution in [0.3, 0.4) is 0 Å². The highest BCUT2D eigenvalue weighted by molar-refractivity contribution is 8.14. The molecule has 0 fully saturated rings. The average Bonchev–Trinajstić information content (AvgIpc) is 2.36. The Labute approximate surface area is 117 Å². The van der Waals surface area contributed by atoms with Crippen molar-refractivity contribution in [1.82, 2.24) is 0 Å². The number of carbonyl (C=O) groups is 2. The molecule has 0 aliphatic carbocycles. The Hall–Kier alpha value is -1.33. The SMILES string of the molecule is CCCc1ccc(C(=O)SCC(N)C(=O)O)c(C)c1. The van der Waals surface area contributed by atoms with Gasteiger partial charge in [-0.3, -0.25) is 9.59 Å². The fraction of sp³-hybridized carbons (Fsp3) is 0.429. The van der Waals surface area contributed by atoms with Gasteiger partial charge >= 0.3 is 5.97 Å². The van der Waals surface area contributed by atoms with Crippen LogP contribution in [0.4, 0.5) is 0 Å². The number of hydrogen-bond donors (Lipinski definition) is 2. The minimum atomic E-state index is -1.09. The van der Waals surface area contributed by atoms with E-state index in [-0.39, 0.29) is 10.9 Å². The number of carbonyl (C=O) groups excluding carboxylic acids is 1. The predicted octanol–water partition coefficient (Wildman–Crippen LogP) is 2.23. The first-order valence-corrected chi connectivity index (χ1v) is 7.19. The van der Waals surface area contributed by atoms with Crippen LogP contribution in [0.25, 0.3) is 0 Å². The summed E-state index contributed by atoms with van der Waals surface area (Å²) in [5.41, 5.74) is 8.13. The molecule has 1 aromatic carbocycles. The van der Waals surface area contributed by atoms with Crippen LogP contribution < -0.4 is 5.73 Å². The van der Waals surface area contributed by atoms with E-state index in [9.17, 15) is 9.59 Å². The Morgan fingerprint density at radius 1 is 1.42 bits per heavy atom. The first-order valence-electron chi connectivity index (χ1n) is 6.20. The molecule has 0 bridgehead atoms. The van der Waals surface area contributed by atoms with Gasteiger partial charge in [-0.05, 0) is 30.5 Å². The molecule has 1 unspecified atom stereocenters. The van der Waals surface area contributed by atoms with E-state index < -0.39 is 12.0 Å². The largest absolute Gasteiger partial charge is 0.480 e. The van der Waals surface area contributed by atoms with E-state index in [1.165, 1.54) is 5.56 Å². The Balaban J connectivity index is 2.69. The van der Waals surface area contributed by atoms with E-state index in [1.807, 2.05) is 25.1 Å². The minimum Gasteiger partial charge on any atom is -0.480 e. The topological polar surface area (TPSA) is 80.4 Å². The smallest absolute Gasteiger partial charge is 0.321 e. The Morgan fingerprint density at radius 3 is 2.63 bits per heavy atom. The number of carboxylic acid groups (broad SMARTS) is 1. The van der Waals surface area contributed by atoms with Crippen LogP contribution in [0.15, 0.2) is 18.2 Å². The number of nitrogens with two attached hydrogens (primary N) is 1. The van der Waals surface area contributed by atoms with Crippen molar-refractivity contribution in [3.8, 4) is 0 Å². The van der Waals surface area contributed by atoms with Crippen LogP contribution in [0.1, 0.15) is 34.8 Å². The van der Waals surface area contributed by atoms with Gasteiger partial charge in [0.25, 0.3) is 0 Å².